The highest BCUT2D eigenvalue weighted by Crippen LogP contribution is 2.44. The van der Waals surface area contributed by atoms with Crippen LogP contribution in [0.2, 0.25) is 0 Å². The second kappa shape index (κ2) is 8.84. The van der Waals surface area contributed by atoms with Crippen molar-refractivity contribution in [3.8, 4) is 5.75 Å². The first-order chi connectivity index (χ1) is 13.9. The highest BCUT2D eigenvalue weighted by atomic mass is 79.9. The van der Waals surface area contributed by atoms with Crippen LogP contribution in [0.5, 0.6) is 5.75 Å². The molecule has 30 heavy (non-hydrogen) atoms. The average Bonchev–Trinajstić information content (AvgIpc) is 2.98. The number of carboxylic acid groups (broad SMARTS) is 1. The predicted molar refractivity (Wildman–Crippen MR) is 124 cm³/mol. The summed E-state index contributed by atoms with van der Waals surface area (Å²) < 4.78 is 7.63. The molecule has 6 nitrogen and oxygen atoms in total. The number of hydrogen-bond acceptors (Lipinski definition) is 4. The van der Waals surface area contributed by atoms with Gasteiger partial charge in [-0.25, -0.2) is 4.79 Å². The van der Waals surface area contributed by atoms with E-state index in [1.54, 1.807) is 6.07 Å². The van der Waals surface area contributed by atoms with Gasteiger partial charge in [-0.1, -0.05) is 42.4 Å². The van der Waals surface area contributed by atoms with E-state index in [1.165, 1.54) is 0 Å². The van der Waals surface area contributed by atoms with Crippen molar-refractivity contribution in [3.63, 3.8) is 0 Å². The summed E-state index contributed by atoms with van der Waals surface area (Å²) in [6.07, 6.45) is 2.60. The highest BCUT2D eigenvalue weighted by Gasteiger charge is 2.37. The van der Waals surface area contributed by atoms with E-state index in [0.29, 0.717) is 16.7 Å². The Hall–Kier alpha value is -2.28. The molecule has 0 saturated heterocycles. The molecule has 0 amide bonds. The minimum Gasteiger partial charge on any atom is -0.481 e. The fraction of sp³-hybridized carbons (Fsp3) is 0.478. The molecule has 2 rings (SSSR count). The lowest BCUT2D eigenvalue weighted by molar-refractivity contribution is -0.139. The maximum absolute atomic E-state index is 13.0. The predicted octanol–water partition coefficient (Wildman–Crippen LogP) is 5.15. The van der Waals surface area contributed by atoms with Crippen LogP contribution in [0.25, 0.3) is 10.9 Å². The van der Waals surface area contributed by atoms with E-state index < -0.39 is 12.6 Å². The second-order valence-corrected chi connectivity index (χ2v) is 10.2. The van der Waals surface area contributed by atoms with Crippen molar-refractivity contribution in [3.05, 3.63) is 41.7 Å². The quantitative estimate of drug-likeness (QED) is 0.279. The molecule has 0 fully saturated rings. The molecule has 1 aromatic heterocycles. The highest BCUT2D eigenvalue weighted by molar-refractivity contribution is 9.10. The standard InChI is InChI=1S/C23H31BrN2O4/c1-7-22(5,24)13-23(6,8-2)26-15(4)19(21(29)14(3)25)20-16(26)10-9-11-17(20)30-12-18(27)28/h9-11H,3,7-8,12-13,25H2,1-2,4-6H3,(H,27,28). The number of carbonyl (C=O) groups is 2. The first kappa shape index (κ1) is 24.0. The number of halogens is 1. The first-order valence-electron chi connectivity index (χ1n) is 10.1. The van der Waals surface area contributed by atoms with Crippen LogP contribution in [0.4, 0.5) is 0 Å². The number of carboxylic acids is 1. The maximum atomic E-state index is 13.0. The summed E-state index contributed by atoms with van der Waals surface area (Å²) in [6.45, 7) is 13.6. The lowest BCUT2D eigenvalue weighted by Crippen LogP contribution is -2.37. The fourth-order valence-corrected chi connectivity index (χ4v) is 4.71. The van der Waals surface area contributed by atoms with Gasteiger partial charge in [-0.2, -0.15) is 0 Å². The molecule has 2 aromatic rings. The summed E-state index contributed by atoms with van der Waals surface area (Å²) in [5, 5.41) is 9.63. The van der Waals surface area contributed by atoms with Crippen LogP contribution in [-0.2, 0) is 10.3 Å². The minimum absolute atomic E-state index is 0.0673. The molecule has 0 bridgehead atoms. The monoisotopic (exact) mass is 478 g/mol. The van der Waals surface area contributed by atoms with Crippen LogP contribution in [-0.4, -0.2) is 32.4 Å². The van der Waals surface area contributed by atoms with Crippen LogP contribution in [0.3, 0.4) is 0 Å². The molecule has 7 heteroatoms. The smallest absolute Gasteiger partial charge is 0.341 e. The van der Waals surface area contributed by atoms with Crippen LogP contribution < -0.4 is 10.5 Å². The molecule has 3 N–H and O–H groups in total. The number of nitrogens with zero attached hydrogens (tertiary/aromatic N) is 1. The van der Waals surface area contributed by atoms with Crippen LogP contribution in [0.1, 0.15) is 63.0 Å². The third-order valence-corrected chi connectivity index (χ3v) is 6.69. The lowest BCUT2D eigenvalue weighted by atomic mass is 9.85. The zero-order valence-electron chi connectivity index (χ0n) is 18.3. The minimum atomic E-state index is -1.09. The number of rotatable bonds is 10. The van der Waals surface area contributed by atoms with Crippen LogP contribution in [0.15, 0.2) is 30.5 Å². The van der Waals surface area contributed by atoms with Gasteiger partial charge < -0.3 is 20.1 Å². The third kappa shape index (κ3) is 4.56. The van der Waals surface area contributed by atoms with Crippen molar-refractivity contribution in [2.75, 3.05) is 6.61 Å². The van der Waals surface area contributed by atoms with E-state index in [0.717, 1.165) is 30.5 Å². The van der Waals surface area contributed by atoms with Crippen LogP contribution >= 0.6 is 15.9 Å². The number of alkyl halides is 1. The van der Waals surface area contributed by atoms with E-state index in [1.807, 2.05) is 19.1 Å². The summed E-state index contributed by atoms with van der Waals surface area (Å²) in [5.41, 5.74) is 7.38. The number of fused-ring (bicyclic) bond motifs is 1. The van der Waals surface area contributed by atoms with Crippen molar-refractivity contribution in [2.45, 2.75) is 63.7 Å². The van der Waals surface area contributed by atoms with E-state index >= 15 is 0 Å². The summed E-state index contributed by atoms with van der Waals surface area (Å²) >= 11 is 3.85. The Morgan fingerprint density at radius 2 is 1.90 bits per heavy atom. The van der Waals surface area contributed by atoms with Gasteiger partial charge >= 0.3 is 5.97 Å². The van der Waals surface area contributed by atoms with Gasteiger partial charge in [-0.05, 0) is 52.2 Å². The third-order valence-electron chi connectivity index (χ3n) is 5.85. The summed E-state index contributed by atoms with van der Waals surface area (Å²) in [5.74, 6) is -1.12. The molecule has 0 radical (unpaired) electrons. The van der Waals surface area contributed by atoms with Gasteiger partial charge in [0.05, 0.1) is 22.2 Å². The van der Waals surface area contributed by atoms with E-state index in [9.17, 15) is 9.59 Å². The van der Waals surface area contributed by atoms with Gasteiger partial charge in [-0.3, -0.25) is 4.79 Å². The second-order valence-electron chi connectivity index (χ2n) is 8.28. The van der Waals surface area contributed by atoms with Gasteiger partial charge in [0.15, 0.2) is 6.61 Å². The van der Waals surface area contributed by atoms with E-state index in [-0.39, 0.29) is 21.3 Å². The Morgan fingerprint density at radius 1 is 1.27 bits per heavy atom. The van der Waals surface area contributed by atoms with Gasteiger partial charge in [-0.15, -0.1) is 0 Å². The molecule has 0 saturated carbocycles. The number of hydrogen-bond donors (Lipinski definition) is 2. The normalized spacial score (nSPS) is 15.4. The van der Waals surface area contributed by atoms with E-state index in [4.69, 9.17) is 15.6 Å². The molecule has 0 spiro atoms. The maximum Gasteiger partial charge on any atom is 0.341 e. The van der Waals surface area contributed by atoms with E-state index in [2.05, 4.69) is 54.8 Å². The molecule has 164 valence electrons. The molecule has 1 heterocycles. The van der Waals surface area contributed by atoms with Gasteiger partial charge in [0.25, 0.3) is 0 Å². The van der Waals surface area contributed by atoms with Crippen molar-refractivity contribution in [2.24, 2.45) is 5.73 Å². The van der Waals surface area contributed by atoms with Gasteiger partial charge in [0.2, 0.25) is 5.78 Å². The van der Waals surface area contributed by atoms with Crippen molar-refractivity contribution >= 4 is 38.6 Å². The Bertz CT molecular complexity index is 993. The molecule has 2 unspecified atom stereocenters. The molecule has 0 aliphatic carbocycles. The van der Waals surface area contributed by atoms with Crippen LogP contribution in [0, 0.1) is 6.92 Å². The van der Waals surface area contributed by atoms with Gasteiger partial charge in [0.1, 0.15) is 5.75 Å². The number of allylic oxidation sites excluding steroid dienone is 1. The average molecular weight is 479 g/mol. The SMILES string of the molecule is C=C(N)C(=O)c1c(C)n(C(C)(CC)CC(C)(Br)CC)c2cccc(OCC(=O)O)c12. The summed E-state index contributed by atoms with van der Waals surface area (Å²) in [7, 11) is 0. The zero-order chi connectivity index (χ0) is 22.9. The number of ether oxygens (including phenoxy) is 1. The number of benzene rings is 1. The topological polar surface area (TPSA) is 94.5 Å². The summed E-state index contributed by atoms with van der Waals surface area (Å²) in [6, 6.07) is 5.41. The Labute approximate surface area is 186 Å². The number of carbonyl (C=O) groups excluding carboxylic acids is 1. The number of Topliss-reactive ketones (excluding diaryl/α,β-unsaturated/α-hetero) is 1. The largest absolute Gasteiger partial charge is 0.481 e. The number of aliphatic carboxylic acids is 1. The molecular weight excluding hydrogens is 448 g/mol. The lowest BCUT2D eigenvalue weighted by Gasteiger charge is -2.38. The first-order valence-corrected chi connectivity index (χ1v) is 10.8. The number of ketones is 1. The Kier molecular flexibility index (Phi) is 7.07. The van der Waals surface area contributed by atoms with Crippen molar-refractivity contribution in [1.29, 1.82) is 0 Å². The number of aromatic nitrogens is 1. The van der Waals surface area contributed by atoms with Crippen molar-refractivity contribution < 1.29 is 19.4 Å². The molecule has 1 aromatic carbocycles. The Morgan fingerprint density at radius 3 is 2.40 bits per heavy atom. The molecule has 0 aliphatic rings. The van der Waals surface area contributed by atoms with Crippen molar-refractivity contribution in [1.82, 2.24) is 4.57 Å². The summed E-state index contributed by atoms with van der Waals surface area (Å²) in [4.78, 5) is 24.1. The molecule has 2 atom stereocenters. The Balaban J connectivity index is 2.88. The molecular formula is C23H31BrN2O4. The number of nitrogens with two attached hydrogens (primary N) is 1. The zero-order valence-corrected chi connectivity index (χ0v) is 19.9. The van der Waals surface area contributed by atoms with Gasteiger partial charge in [0, 0.05) is 15.6 Å². The molecule has 0 aliphatic heterocycles. The fourth-order valence-electron chi connectivity index (χ4n) is 4.11.